The normalized spacial score (nSPS) is 9.57. The molecule has 5 heteroatoms. The van der Waals surface area contributed by atoms with Crippen LogP contribution in [0.15, 0.2) is 18.2 Å². The van der Waals surface area contributed by atoms with Crippen LogP contribution in [0, 0.1) is 0 Å². The number of benzene rings is 1. The van der Waals surface area contributed by atoms with Crippen LogP contribution >= 0.6 is 11.6 Å². The molecular formula is C9H12ClN3O. The van der Waals surface area contributed by atoms with Crippen LogP contribution in [0.25, 0.3) is 0 Å². The lowest BCUT2D eigenvalue weighted by molar-refractivity contribution is 0.252. The highest BCUT2D eigenvalue weighted by Crippen LogP contribution is 2.22. The summed E-state index contributed by atoms with van der Waals surface area (Å²) in [6.07, 6.45) is 0. The number of nitrogens with one attached hydrogen (secondary N) is 2. The third-order valence-electron chi connectivity index (χ3n) is 1.59. The van der Waals surface area contributed by atoms with Crippen molar-refractivity contribution in [1.82, 2.24) is 5.32 Å². The molecule has 0 bridgehead atoms. The zero-order valence-corrected chi connectivity index (χ0v) is 8.56. The van der Waals surface area contributed by atoms with Gasteiger partial charge in [0, 0.05) is 12.2 Å². The number of hydrogen-bond donors (Lipinski definition) is 3. The van der Waals surface area contributed by atoms with Gasteiger partial charge in [-0.15, -0.1) is 0 Å². The monoisotopic (exact) mass is 213 g/mol. The summed E-state index contributed by atoms with van der Waals surface area (Å²) in [4.78, 5) is 11.1. The van der Waals surface area contributed by atoms with Crippen LogP contribution in [-0.4, -0.2) is 12.6 Å². The number of carbonyl (C=O) groups excluding carboxylic acids is 1. The quantitative estimate of drug-likeness (QED) is 0.659. The second-order valence-electron chi connectivity index (χ2n) is 2.72. The topological polar surface area (TPSA) is 67.2 Å². The number of rotatable bonds is 2. The molecule has 0 unspecified atom stereocenters. The molecule has 0 aliphatic carbocycles. The molecule has 0 saturated carbocycles. The average Bonchev–Trinajstić information content (AvgIpc) is 2.12. The molecule has 0 aliphatic heterocycles. The molecule has 0 radical (unpaired) electrons. The van der Waals surface area contributed by atoms with E-state index in [0.29, 0.717) is 22.9 Å². The zero-order valence-electron chi connectivity index (χ0n) is 7.80. The van der Waals surface area contributed by atoms with Crippen LogP contribution < -0.4 is 16.4 Å². The van der Waals surface area contributed by atoms with E-state index in [0.717, 1.165) is 0 Å². The van der Waals surface area contributed by atoms with Crippen molar-refractivity contribution >= 4 is 29.0 Å². The number of hydrogen-bond acceptors (Lipinski definition) is 2. The van der Waals surface area contributed by atoms with Crippen molar-refractivity contribution in [2.75, 3.05) is 17.6 Å². The first-order valence-electron chi connectivity index (χ1n) is 4.23. The lowest BCUT2D eigenvalue weighted by Gasteiger charge is -2.06. The minimum absolute atomic E-state index is 0.255. The van der Waals surface area contributed by atoms with Crippen molar-refractivity contribution in [3.63, 3.8) is 0 Å². The maximum atomic E-state index is 11.1. The smallest absolute Gasteiger partial charge is 0.319 e. The summed E-state index contributed by atoms with van der Waals surface area (Å²) >= 11 is 5.73. The Morgan fingerprint density at radius 3 is 2.86 bits per heavy atom. The van der Waals surface area contributed by atoms with E-state index in [1.165, 1.54) is 0 Å². The molecular weight excluding hydrogens is 202 g/mol. The highest BCUT2D eigenvalue weighted by Gasteiger charge is 2.01. The number of nitrogens with two attached hydrogens (primary N) is 1. The lowest BCUT2D eigenvalue weighted by atomic mass is 10.3. The lowest BCUT2D eigenvalue weighted by Crippen LogP contribution is -2.28. The van der Waals surface area contributed by atoms with Crippen LogP contribution in [0.2, 0.25) is 5.02 Å². The van der Waals surface area contributed by atoms with E-state index in [2.05, 4.69) is 10.6 Å². The Labute approximate surface area is 87.4 Å². The fourth-order valence-corrected chi connectivity index (χ4v) is 1.07. The summed E-state index contributed by atoms with van der Waals surface area (Å²) in [5, 5.41) is 5.70. The third-order valence-corrected chi connectivity index (χ3v) is 1.94. The molecule has 4 N–H and O–H groups in total. The summed E-state index contributed by atoms with van der Waals surface area (Å²) in [6, 6.07) is 4.68. The molecule has 4 nitrogen and oxygen atoms in total. The van der Waals surface area contributed by atoms with Crippen LogP contribution in [0.5, 0.6) is 0 Å². The first kappa shape index (κ1) is 10.7. The van der Waals surface area contributed by atoms with Gasteiger partial charge in [0.05, 0.1) is 10.7 Å². The Bertz CT molecular complexity index is 341. The molecule has 0 aromatic heterocycles. The summed E-state index contributed by atoms with van der Waals surface area (Å²) in [5.41, 5.74) is 6.64. The van der Waals surface area contributed by atoms with Gasteiger partial charge in [-0.1, -0.05) is 11.6 Å². The molecule has 0 aliphatic rings. The van der Waals surface area contributed by atoms with Gasteiger partial charge in [-0.2, -0.15) is 0 Å². The number of anilines is 2. The standard InChI is InChI=1S/C9H12ClN3O/c1-2-12-9(14)13-6-3-4-7(10)8(11)5-6/h3-5H,2,11H2,1H3,(H2,12,13,14). The maximum Gasteiger partial charge on any atom is 0.319 e. The Kier molecular flexibility index (Phi) is 3.59. The second kappa shape index (κ2) is 4.72. The Morgan fingerprint density at radius 1 is 1.57 bits per heavy atom. The SMILES string of the molecule is CCNC(=O)Nc1ccc(Cl)c(N)c1. The van der Waals surface area contributed by atoms with Crippen molar-refractivity contribution in [3.8, 4) is 0 Å². The average molecular weight is 214 g/mol. The van der Waals surface area contributed by atoms with Gasteiger partial charge >= 0.3 is 6.03 Å². The van der Waals surface area contributed by atoms with Gasteiger partial charge in [0.2, 0.25) is 0 Å². The van der Waals surface area contributed by atoms with E-state index in [1.807, 2.05) is 6.92 Å². The Balaban J connectivity index is 2.68. The molecule has 14 heavy (non-hydrogen) atoms. The molecule has 0 fully saturated rings. The minimum atomic E-state index is -0.255. The Hall–Kier alpha value is -1.42. The van der Waals surface area contributed by atoms with E-state index >= 15 is 0 Å². The first-order chi connectivity index (χ1) is 6.63. The van der Waals surface area contributed by atoms with Gasteiger partial charge in [0.1, 0.15) is 0 Å². The number of nitrogen functional groups attached to an aromatic ring is 1. The van der Waals surface area contributed by atoms with E-state index in [4.69, 9.17) is 17.3 Å². The molecule has 1 rings (SSSR count). The summed E-state index contributed by atoms with van der Waals surface area (Å²) < 4.78 is 0. The van der Waals surface area contributed by atoms with Crippen LogP contribution in [0.4, 0.5) is 16.2 Å². The number of urea groups is 1. The predicted molar refractivity (Wildman–Crippen MR) is 58.6 cm³/mol. The van der Waals surface area contributed by atoms with Crippen molar-refractivity contribution in [2.45, 2.75) is 6.92 Å². The van der Waals surface area contributed by atoms with Gasteiger partial charge in [-0.25, -0.2) is 4.79 Å². The van der Waals surface area contributed by atoms with Crippen molar-refractivity contribution in [1.29, 1.82) is 0 Å². The predicted octanol–water partition coefficient (Wildman–Crippen LogP) is 2.06. The summed E-state index contributed by atoms with van der Waals surface area (Å²) in [5.74, 6) is 0. The van der Waals surface area contributed by atoms with Gasteiger partial charge in [-0.3, -0.25) is 0 Å². The molecule has 0 saturated heterocycles. The van der Waals surface area contributed by atoms with Crippen molar-refractivity contribution in [3.05, 3.63) is 23.2 Å². The zero-order chi connectivity index (χ0) is 10.6. The highest BCUT2D eigenvalue weighted by molar-refractivity contribution is 6.33. The fourth-order valence-electron chi connectivity index (χ4n) is 0.957. The third kappa shape index (κ3) is 2.81. The van der Waals surface area contributed by atoms with Crippen molar-refractivity contribution in [2.24, 2.45) is 0 Å². The van der Waals surface area contributed by atoms with E-state index in [-0.39, 0.29) is 6.03 Å². The van der Waals surface area contributed by atoms with Crippen LogP contribution in [-0.2, 0) is 0 Å². The maximum absolute atomic E-state index is 11.1. The Morgan fingerprint density at radius 2 is 2.29 bits per heavy atom. The highest BCUT2D eigenvalue weighted by atomic mass is 35.5. The largest absolute Gasteiger partial charge is 0.397 e. The minimum Gasteiger partial charge on any atom is -0.397 e. The van der Waals surface area contributed by atoms with Crippen LogP contribution in [0.3, 0.4) is 0 Å². The van der Waals surface area contributed by atoms with Gasteiger partial charge in [0.15, 0.2) is 0 Å². The van der Waals surface area contributed by atoms with Gasteiger partial charge in [0.25, 0.3) is 0 Å². The van der Waals surface area contributed by atoms with Crippen LogP contribution in [0.1, 0.15) is 6.92 Å². The molecule has 76 valence electrons. The van der Waals surface area contributed by atoms with Gasteiger partial charge in [-0.05, 0) is 25.1 Å². The molecule has 1 aromatic rings. The fraction of sp³-hybridized carbons (Fsp3) is 0.222. The molecule has 0 atom stereocenters. The van der Waals surface area contributed by atoms with E-state index < -0.39 is 0 Å². The van der Waals surface area contributed by atoms with Crippen molar-refractivity contribution < 1.29 is 4.79 Å². The molecule has 2 amide bonds. The van der Waals surface area contributed by atoms with Gasteiger partial charge < -0.3 is 16.4 Å². The second-order valence-corrected chi connectivity index (χ2v) is 3.13. The number of carbonyl (C=O) groups is 1. The number of halogens is 1. The summed E-state index contributed by atoms with van der Waals surface area (Å²) in [7, 11) is 0. The number of amides is 2. The first-order valence-corrected chi connectivity index (χ1v) is 4.61. The van der Waals surface area contributed by atoms with E-state index in [9.17, 15) is 4.79 Å². The molecule has 0 heterocycles. The molecule has 0 spiro atoms. The van der Waals surface area contributed by atoms with E-state index in [1.54, 1.807) is 18.2 Å². The molecule has 1 aromatic carbocycles. The summed E-state index contributed by atoms with van der Waals surface area (Å²) in [6.45, 7) is 2.42.